The summed E-state index contributed by atoms with van der Waals surface area (Å²) in [6, 6.07) is 4.98. The average Bonchev–Trinajstić information content (AvgIpc) is 2.39. The van der Waals surface area contributed by atoms with Gasteiger partial charge in [-0.05, 0) is 34.1 Å². The van der Waals surface area contributed by atoms with E-state index in [9.17, 15) is 4.79 Å². The molecule has 0 aliphatic heterocycles. The van der Waals surface area contributed by atoms with E-state index in [2.05, 4.69) is 20.8 Å². The smallest absolute Gasteiger partial charge is 0.335 e. The molecule has 0 saturated heterocycles. The molecule has 0 amide bonds. The molecule has 0 bridgehead atoms. The van der Waals surface area contributed by atoms with Crippen molar-refractivity contribution in [2.24, 2.45) is 0 Å². The Morgan fingerprint density at radius 2 is 1.84 bits per heavy atom. The lowest BCUT2D eigenvalue weighted by Crippen LogP contribution is -2.31. The number of carboxylic acid groups (broad SMARTS) is 1. The summed E-state index contributed by atoms with van der Waals surface area (Å²) in [5.41, 5.74) is 1.19. The number of halogens is 1. The van der Waals surface area contributed by atoms with Crippen molar-refractivity contribution >= 4 is 27.6 Å². The second-order valence-electron chi connectivity index (χ2n) is 3.94. The standard InChI is InChI=1S/C13H18BrNO4/c1-18-7-5-15(6-8-19-2)12-4-3-10(13(16)17)9-11(12)14/h3-4,9H,5-8H2,1-2H3,(H,16,17). The minimum atomic E-state index is -0.937. The SMILES string of the molecule is COCCN(CCOC)c1ccc(C(=O)O)cc1Br. The molecule has 5 nitrogen and oxygen atoms in total. The first-order valence-corrected chi connectivity index (χ1v) is 6.65. The summed E-state index contributed by atoms with van der Waals surface area (Å²) in [5.74, 6) is -0.937. The highest BCUT2D eigenvalue weighted by Crippen LogP contribution is 2.27. The van der Waals surface area contributed by atoms with Crippen LogP contribution in [0.4, 0.5) is 5.69 Å². The van der Waals surface area contributed by atoms with Crippen molar-refractivity contribution in [3.63, 3.8) is 0 Å². The third-order valence-corrected chi connectivity index (χ3v) is 3.30. The number of aromatic carboxylic acids is 1. The van der Waals surface area contributed by atoms with E-state index in [-0.39, 0.29) is 5.56 Å². The molecule has 0 atom stereocenters. The number of carboxylic acids is 1. The maximum absolute atomic E-state index is 10.9. The van der Waals surface area contributed by atoms with Crippen molar-refractivity contribution in [1.82, 2.24) is 0 Å². The third-order valence-electron chi connectivity index (χ3n) is 2.67. The van der Waals surface area contributed by atoms with Gasteiger partial charge < -0.3 is 19.5 Å². The molecule has 106 valence electrons. The average molecular weight is 332 g/mol. The summed E-state index contributed by atoms with van der Waals surface area (Å²) >= 11 is 3.41. The van der Waals surface area contributed by atoms with Crippen LogP contribution < -0.4 is 4.90 Å². The Hall–Kier alpha value is -1.11. The lowest BCUT2D eigenvalue weighted by molar-refractivity contribution is 0.0697. The minimum absolute atomic E-state index is 0.258. The first-order valence-electron chi connectivity index (χ1n) is 5.85. The van der Waals surface area contributed by atoms with Gasteiger partial charge in [0.2, 0.25) is 0 Å². The number of anilines is 1. The molecule has 1 rings (SSSR count). The van der Waals surface area contributed by atoms with Gasteiger partial charge in [0.1, 0.15) is 0 Å². The van der Waals surface area contributed by atoms with Gasteiger partial charge in [0.15, 0.2) is 0 Å². The monoisotopic (exact) mass is 331 g/mol. The topological polar surface area (TPSA) is 59.0 Å². The van der Waals surface area contributed by atoms with Crippen molar-refractivity contribution in [3.8, 4) is 0 Å². The molecule has 0 saturated carbocycles. The summed E-state index contributed by atoms with van der Waals surface area (Å²) in [4.78, 5) is 13.0. The second-order valence-corrected chi connectivity index (χ2v) is 4.80. The number of hydrogen-bond acceptors (Lipinski definition) is 4. The molecule has 0 aliphatic rings. The van der Waals surface area contributed by atoms with E-state index in [0.29, 0.717) is 26.3 Å². The largest absolute Gasteiger partial charge is 0.478 e. The number of ether oxygens (including phenoxy) is 2. The predicted octanol–water partition coefficient (Wildman–Crippen LogP) is 2.25. The number of benzene rings is 1. The Morgan fingerprint density at radius 1 is 1.26 bits per heavy atom. The van der Waals surface area contributed by atoms with Crippen LogP contribution in [0.5, 0.6) is 0 Å². The normalized spacial score (nSPS) is 10.5. The van der Waals surface area contributed by atoms with Gasteiger partial charge in [-0.1, -0.05) is 0 Å². The van der Waals surface area contributed by atoms with Crippen molar-refractivity contribution in [2.45, 2.75) is 0 Å². The molecule has 1 aromatic carbocycles. The fourth-order valence-corrected chi connectivity index (χ4v) is 2.28. The van der Waals surface area contributed by atoms with Gasteiger partial charge in [-0.15, -0.1) is 0 Å². The fourth-order valence-electron chi connectivity index (χ4n) is 1.65. The lowest BCUT2D eigenvalue weighted by Gasteiger charge is -2.25. The van der Waals surface area contributed by atoms with E-state index in [4.69, 9.17) is 14.6 Å². The van der Waals surface area contributed by atoms with Crippen molar-refractivity contribution in [1.29, 1.82) is 0 Å². The predicted molar refractivity (Wildman–Crippen MR) is 77.1 cm³/mol. The summed E-state index contributed by atoms with van der Waals surface area (Å²) in [6.45, 7) is 2.61. The zero-order chi connectivity index (χ0) is 14.3. The summed E-state index contributed by atoms with van der Waals surface area (Å²) < 4.78 is 10.9. The highest BCUT2D eigenvalue weighted by Gasteiger charge is 2.12. The van der Waals surface area contributed by atoms with Crippen LogP contribution in [0.15, 0.2) is 22.7 Å². The Bertz CT molecular complexity index is 417. The second kappa shape index (κ2) is 8.14. The molecular formula is C13H18BrNO4. The van der Waals surface area contributed by atoms with E-state index in [1.165, 1.54) is 0 Å². The minimum Gasteiger partial charge on any atom is -0.478 e. The zero-order valence-corrected chi connectivity index (χ0v) is 12.6. The van der Waals surface area contributed by atoms with Crippen LogP contribution in [0.25, 0.3) is 0 Å². The Labute approximate surface area is 121 Å². The Balaban J connectivity index is 2.90. The first kappa shape index (κ1) is 15.9. The molecule has 19 heavy (non-hydrogen) atoms. The quantitative estimate of drug-likeness (QED) is 0.791. The van der Waals surface area contributed by atoms with Crippen LogP contribution >= 0.6 is 15.9 Å². The maximum atomic E-state index is 10.9. The van der Waals surface area contributed by atoms with E-state index in [0.717, 1.165) is 10.2 Å². The van der Waals surface area contributed by atoms with Crippen LogP contribution in [-0.2, 0) is 9.47 Å². The van der Waals surface area contributed by atoms with Gasteiger partial charge in [-0.2, -0.15) is 0 Å². The third kappa shape index (κ3) is 4.81. The number of carbonyl (C=O) groups is 1. The van der Waals surface area contributed by atoms with Gasteiger partial charge >= 0.3 is 5.97 Å². The number of hydrogen-bond donors (Lipinski definition) is 1. The summed E-state index contributed by atoms with van der Waals surface area (Å²) in [6.07, 6.45) is 0. The Kier molecular flexibility index (Phi) is 6.83. The molecule has 0 aliphatic carbocycles. The van der Waals surface area contributed by atoms with Crippen molar-refractivity contribution in [3.05, 3.63) is 28.2 Å². The van der Waals surface area contributed by atoms with E-state index >= 15 is 0 Å². The molecule has 0 aromatic heterocycles. The molecule has 0 radical (unpaired) electrons. The van der Waals surface area contributed by atoms with Gasteiger partial charge in [0, 0.05) is 31.8 Å². The Morgan fingerprint density at radius 3 is 2.26 bits per heavy atom. The molecule has 1 aromatic rings. The first-order chi connectivity index (χ1) is 9.10. The lowest BCUT2D eigenvalue weighted by atomic mass is 10.2. The van der Waals surface area contributed by atoms with Crippen molar-refractivity contribution in [2.75, 3.05) is 45.4 Å². The molecule has 6 heteroatoms. The number of methoxy groups -OCH3 is 2. The van der Waals surface area contributed by atoms with E-state index in [1.807, 2.05) is 0 Å². The van der Waals surface area contributed by atoms with Crippen LogP contribution in [0, 0.1) is 0 Å². The molecule has 0 unspecified atom stereocenters. The highest BCUT2D eigenvalue weighted by atomic mass is 79.9. The molecular weight excluding hydrogens is 314 g/mol. The summed E-state index contributed by atoms with van der Waals surface area (Å²) in [7, 11) is 3.30. The maximum Gasteiger partial charge on any atom is 0.335 e. The molecule has 0 spiro atoms. The van der Waals surface area contributed by atoms with E-state index in [1.54, 1.807) is 32.4 Å². The molecule has 0 fully saturated rings. The van der Waals surface area contributed by atoms with E-state index < -0.39 is 5.97 Å². The summed E-state index contributed by atoms with van der Waals surface area (Å²) in [5, 5.41) is 8.95. The van der Waals surface area contributed by atoms with Gasteiger partial charge in [0.05, 0.1) is 24.5 Å². The highest BCUT2D eigenvalue weighted by molar-refractivity contribution is 9.10. The van der Waals surface area contributed by atoms with Crippen LogP contribution in [0.2, 0.25) is 0 Å². The van der Waals surface area contributed by atoms with Gasteiger partial charge in [0.25, 0.3) is 0 Å². The number of nitrogens with zero attached hydrogens (tertiary/aromatic N) is 1. The van der Waals surface area contributed by atoms with Gasteiger partial charge in [-0.3, -0.25) is 0 Å². The number of rotatable bonds is 8. The van der Waals surface area contributed by atoms with Gasteiger partial charge in [-0.25, -0.2) is 4.79 Å². The van der Waals surface area contributed by atoms with Crippen LogP contribution in [0.3, 0.4) is 0 Å². The molecule has 1 N–H and O–H groups in total. The van der Waals surface area contributed by atoms with Crippen molar-refractivity contribution < 1.29 is 19.4 Å². The zero-order valence-electron chi connectivity index (χ0n) is 11.1. The fraction of sp³-hybridized carbons (Fsp3) is 0.462. The molecule has 0 heterocycles. The van der Waals surface area contributed by atoms with Crippen LogP contribution in [0.1, 0.15) is 10.4 Å². The van der Waals surface area contributed by atoms with Crippen LogP contribution in [-0.4, -0.2) is 51.6 Å².